The third-order valence-electron chi connectivity index (χ3n) is 5.33. The van der Waals surface area contributed by atoms with Crippen molar-refractivity contribution in [3.05, 3.63) is 64.0 Å². The lowest BCUT2D eigenvalue weighted by Gasteiger charge is -2.31. The number of rotatable bonds is 3. The standard InChI is InChI=1S/C20H22BrN3/c1-14-20-17-13-16(21)3-4-18(17)24(19(20)8-11-23(14)2)12-7-15-5-9-22-10-6-15/h3-6,9-10,13-14H,7-8,11-12H2,1-2H3. The second kappa shape index (κ2) is 6.34. The molecule has 0 fully saturated rings. The van der Waals surface area contributed by atoms with Crippen LogP contribution in [0.5, 0.6) is 0 Å². The summed E-state index contributed by atoms with van der Waals surface area (Å²) in [6.45, 7) is 4.47. The lowest BCUT2D eigenvalue weighted by Crippen LogP contribution is -2.31. The quantitative estimate of drug-likeness (QED) is 0.659. The second-order valence-electron chi connectivity index (χ2n) is 6.69. The molecule has 3 aromatic rings. The van der Waals surface area contributed by atoms with E-state index in [0.29, 0.717) is 6.04 Å². The van der Waals surface area contributed by atoms with E-state index < -0.39 is 0 Å². The fourth-order valence-corrected chi connectivity index (χ4v) is 4.24. The monoisotopic (exact) mass is 383 g/mol. The number of nitrogens with zero attached hydrogens (tertiary/aromatic N) is 3. The van der Waals surface area contributed by atoms with Gasteiger partial charge in [0.25, 0.3) is 0 Å². The fourth-order valence-electron chi connectivity index (χ4n) is 3.88. The summed E-state index contributed by atoms with van der Waals surface area (Å²) in [7, 11) is 2.23. The molecule has 0 saturated carbocycles. The maximum absolute atomic E-state index is 4.12. The summed E-state index contributed by atoms with van der Waals surface area (Å²) in [6, 6.07) is 11.4. The lowest BCUT2D eigenvalue weighted by molar-refractivity contribution is 0.245. The zero-order valence-electron chi connectivity index (χ0n) is 14.2. The minimum Gasteiger partial charge on any atom is -0.344 e. The number of likely N-dealkylation sites (N-methyl/N-ethyl adjacent to an activating group) is 1. The van der Waals surface area contributed by atoms with E-state index in [2.05, 4.69) is 74.7 Å². The Kier molecular flexibility index (Phi) is 4.19. The minimum atomic E-state index is 0.465. The van der Waals surface area contributed by atoms with E-state index in [9.17, 15) is 0 Å². The third kappa shape index (κ3) is 2.68. The number of benzene rings is 1. The van der Waals surface area contributed by atoms with Crippen molar-refractivity contribution in [3.8, 4) is 0 Å². The van der Waals surface area contributed by atoms with Crippen LogP contribution in [-0.2, 0) is 19.4 Å². The average Bonchev–Trinajstić information content (AvgIpc) is 2.90. The molecule has 3 nitrogen and oxygen atoms in total. The zero-order valence-corrected chi connectivity index (χ0v) is 15.8. The van der Waals surface area contributed by atoms with Gasteiger partial charge in [-0.25, -0.2) is 0 Å². The number of aryl methyl sites for hydroxylation is 2. The molecule has 0 aliphatic carbocycles. The Labute approximate surface area is 151 Å². The summed E-state index contributed by atoms with van der Waals surface area (Å²) in [5.74, 6) is 0. The van der Waals surface area contributed by atoms with Crippen molar-refractivity contribution in [2.45, 2.75) is 32.4 Å². The molecule has 24 heavy (non-hydrogen) atoms. The highest BCUT2D eigenvalue weighted by Gasteiger charge is 2.27. The Bertz CT molecular complexity index is 869. The highest BCUT2D eigenvalue weighted by Crippen LogP contribution is 2.38. The van der Waals surface area contributed by atoms with E-state index >= 15 is 0 Å². The summed E-state index contributed by atoms with van der Waals surface area (Å²) < 4.78 is 3.70. The van der Waals surface area contributed by atoms with E-state index in [0.717, 1.165) is 30.4 Å². The van der Waals surface area contributed by atoms with Gasteiger partial charge in [0.15, 0.2) is 0 Å². The molecule has 1 aliphatic heterocycles. The molecule has 0 N–H and O–H groups in total. The minimum absolute atomic E-state index is 0.465. The van der Waals surface area contributed by atoms with E-state index in [1.54, 1.807) is 0 Å². The van der Waals surface area contributed by atoms with Crippen LogP contribution in [0.15, 0.2) is 47.2 Å². The molecule has 1 atom stereocenters. The number of halogens is 1. The van der Waals surface area contributed by atoms with Gasteiger partial charge in [0, 0.05) is 59.0 Å². The topological polar surface area (TPSA) is 21.1 Å². The molecular weight excluding hydrogens is 362 g/mol. The number of hydrogen-bond acceptors (Lipinski definition) is 2. The molecule has 0 bridgehead atoms. The van der Waals surface area contributed by atoms with Gasteiger partial charge < -0.3 is 4.57 Å². The molecule has 1 aliphatic rings. The van der Waals surface area contributed by atoms with Crippen molar-refractivity contribution in [3.63, 3.8) is 0 Å². The van der Waals surface area contributed by atoms with Gasteiger partial charge in [0.05, 0.1) is 0 Å². The van der Waals surface area contributed by atoms with Crippen LogP contribution in [0.3, 0.4) is 0 Å². The number of pyridine rings is 1. The Balaban J connectivity index is 1.80. The Morgan fingerprint density at radius 2 is 2.00 bits per heavy atom. The second-order valence-corrected chi connectivity index (χ2v) is 7.60. The van der Waals surface area contributed by atoms with Crippen LogP contribution in [0.4, 0.5) is 0 Å². The van der Waals surface area contributed by atoms with E-state index in [1.807, 2.05) is 12.4 Å². The maximum Gasteiger partial charge on any atom is 0.0486 e. The van der Waals surface area contributed by atoms with Crippen molar-refractivity contribution in [1.82, 2.24) is 14.5 Å². The Morgan fingerprint density at radius 3 is 2.79 bits per heavy atom. The van der Waals surface area contributed by atoms with Crippen molar-refractivity contribution in [2.24, 2.45) is 0 Å². The summed E-state index contributed by atoms with van der Waals surface area (Å²) >= 11 is 3.65. The van der Waals surface area contributed by atoms with Crippen molar-refractivity contribution in [2.75, 3.05) is 13.6 Å². The normalized spacial score (nSPS) is 18.0. The van der Waals surface area contributed by atoms with Crippen LogP contribution in [0.1, 0.15) is 29.8 Å². The first-order valence-electron chi connectivity index (χ1n) is 8.55. The molecule has 1 aromatic carbocycles. The summed E-state index contributed by atoms with van der Waals surface area (Å²) in [5, 5.41) is 1.40. The van der Waals surface area contributed by atoms with Gasteiger partial charge in [0.1, 0.15) is 0 Å². The van der Waals surface area contributed by atoms with Gasteiger partial charge in [-0.05, 0) is 61.9 Å². The first-order chi connectivity index (χ1) is 11.6. The zero-order chi connectivity index (χ0) is 16.7. The molecule has 0 spiro atoms. The summed E-state index contributed by atoms with van der Waals surface area (Å²) in [6.07, 6.45) is 5.93. The molecule has 2 aromatic heterocycles. The number of fused-ring (bicyclic) bond motifs is 3. The van der Waals surface area contributed by atoms with E-state index in [1.165, 1.54) is 27.7 Å². The van der Waals surface area contributed by atoms with Gasteiger partial charge >= 0.3 is 0 Å². The van der Waals surface area contributed by atoms with Gasteiger partial charge in [-0.2, -0.15) is 0 Å². The Hall–Kier alpha value is -1.65. The predicted molar refractivity (Wildman–Crippen MR) is 102 cm³/mol. The van der Waals surface area contributed by atoms with Crippen LogP contribution in [0.2, 0.25) is 0 Å². The first kappa shape index (κ1) is 15.9. The van der Waals surface area contributed by atoms with E-state index in [-0.39, 0.29) is 0 Å². The van der Waals surface area contributed by atoms with Crippen LogP contribution < -0.4 is 0 Å². The van der Waals surface area contributed by atoms with Gasteiger partial charge in [-0.15, -0.1) is 0 Å². The molecular formula is C20H22BrN3. The lowest BCUT2D eigenvalue weighted by atomic mass is 9.97. The SMILES string of the molecule is CC1c2c(n(CCc3ccncc3)c3ccc(Br)cc23)CCN1C. The first-order valence-corrected chi connectivity index (χ1v) is 9.34. The van der Waals surface area contributed by atoms with Crippen molar-refractivity contribution < 1.29 is 0 Å². The van der Waals surface area contributed by atoms with Crippen LogP contribution in [0.25, 0.3) is 10.9 Å². The fraction of sp³-hybridized carbons (Fsp3) is 0.350. The smallest absolute Gasteiger partial charge is 0.0486 e. The molecule has 3 heterocycles. The Morgan fingerprint density at radius 1 is 1.21 bits per heavy atom. The molecule has 4 rings (SSSR count). The number of hydrogen-bond donors (Lipinski definition) is 0. The predicted octanol–water partition coefficient (Wildman–Crippen LogP) is 4.59. The number of aromatic nitrogens is 2. The highest BCUT2D eigenvalue weighted by atomic mass is 79.9. The van der Waals surface area contributed by atoms with Crippen LogP contribution in [-0.4, -0.2) is 28.0 Å². The molecule has 4 heteroatoms. The van der Waals surface area contributed by atoms with Gasteiger partial charge in [-0.3, -0.25) is 9.88 Å². The molecule has 0 saturated heterocycles. The van der Waals surface area contributed by atoms with Crippen molar-refractivity contribution in [1.29, 1.82) is 0 Å². The molecule has 124 valence electrons. The van der Waals surface area contributed by atoms with Gasteiger partial charge in [-0.1, -0.05) is 15.9 Å². The van der Waals surface area contributed by atoms with Crippen LogP contribution in [0, 0.1) is 0 Å². The highest BCUT2D eigenvalue weighted by molar-refractivity contribution is 9.10. The molecule has 1 unspecified atom stereocenters. The summed E-state index contributed by atoms with van der Waals surface area (Å²) in [4.78, 5) is 6.58. The largest absolute Gasteiger partial charge is 0.344 e. The maximum atomic E-state index is 4.12. The summed E-state index contributed by atoms with van der Waals surface area (Å²) in [5.41, 5.74) is 5.73. The molecule has 0 amide bonds. The average molecular weight is 384 g/mol. The third-order valence-corrected chi connectivity index (χ3v) is 5.82. The van der Waals surface area contributed by atoms with Crippen LogP contribution >= 0.6 is 15.9 Å². The van der Waals surface area contributed by atoms with Gasteiger partial charge in [0.2, 0.25) is 0 Å². The van der Waals surface area contributed by atoms with Crippen molar-refractivity contribution >= 4 is 26.8 Å². The molecule has 0 radical (unpaired) electrons. The van der Waals surface area contributed by atoms with E-state index in [4.69, 9.17) is 0 Å².